The molecule has 3 N–H and O–H groups in total. The van der Waals surface area contributed by atoms with Crippen LogP contribution in [0, 0.1) is 0 Å². The molecule has 142 valence electrons. The van der Waals surface area contributed by atoms with Gasteiger partial charge in [0, 0.05) is 5.02 Å². The first-order valence-electron chi connectivity index (χ1n) is 7.96. The van der Waals surface area contributed by atoms with Crippen LogP contribution < -0.4 is 20.9 Å². The van der Waals surface area contributed by atoms with Gasteiger partial charge in [-0.1, -0.05) is 42.3 Å². The van der Waals surface area contributed by atoms with E-state index >= 15 is 0 Å². The van der Waals surface area contributed by atoms with Crippen LogP contribution in [0.5, 0.6) is 5.75 Å². The average molecular weight is 426 g/mol. The molecule has 0 aliphatic heterocycles. The molecular weight excluding hydrogens is 409 g/mol. The van der Waals surface area contributed by atoms with Crippen LogP contribution in [-0.4, -0.2) is 23.5 Å². The van der Waals surface area contributed by atoms with E-state index in [2.05, 4.69) is 23.1 Å². The molecule has 0 fully saturated rings. The Balaban J connectivity index is 1.75. The summed E-state index contributed by atoms with van der Waals surface area (Å²) in [7, 11) is 0. The molecule has 6 nitrogen and oxygen atoms in total. The van der Waals surface area contributed by atoms with Crippen LogP contribution in [0.3, 0.4) is 0 Å². The molecule has 0 atom stereocenters. The Morgan fingerprint density at radius 1 is 1.07 bits per heavy atom. The van der Waals surface area contributed by atoms with Gasteiger partial charge in [0.2, 0.25) is 0 Å². The molecule has 0 heterocycles. The van der Waals surface area contributed by atoms with E-state index in [1.165, 1.54) is 23.8 Å². The zero-order valence-corrected chi connectivity index (χ0v) is 16.7. The highest BCUT2D eigenvalue weighted by atomic mass is 35.5. The Kier molecular flexibility index (Phi) is 7.84. The molecule has 0 unspecified atom stereocenters. The van der Waals surface area contributed by atoms with Crippen molar-refractivity contribution in [1.82, 2.24) is 16.2 Å². The number of carbonyl (C=O) groups excluding carboxylic acids is 2. The number of halogens is 2. The van der Waals surface area contributed by atoms with Crippen LogP contribution in [-0.2, 0) is 11.2 Å². The van der Waals surface area contributed by atoms with Gasteiger partial charge in [0.05, 0.1) is 10.6 Å². The van der Waals surface area contributed by atoms with Crippen molar-refractivity contribution >= 4 is 52.3 Å². The second-order valence-electron chi connectivity index (χ2n) is 5.37. The quantitative estimate of drug-likeness (QED) is 0.505. The van der Waals surface area contributed by atoms with Gasteiger partial charge in [-0.3, -0.25) is 25.8 Å². The molecule has 0 radical (unpaired) electrons. The molecule has 0 saturated heterocycles. The standard InChI is InChI=1S/C18H17Cl2N3O3S/c1-2-11-3-6-13(7-4-11)26-10-16(24)22-23-18(27)21-17(25)14-8-5-12(19)9-15(14)20/h3-9H,2,10H2,1H3,(H,22,24)(H2,21,23,25,27). The number of hydrogen-bond donors (Lipinski definition) is 3. The maximum absolute atomic E-state index is 12.1. The van der Waals surface area contributed by atoms with Crippen LogP contribution in [0.1, 0.15) is 22.8 Å². The number of hydrogen-bond acceptors (Lipinski definition) is 4. The van der Waals surface area contributed by atoms with Crippen molar-refractivity contribution in [1.29, 1.82) is 0 Å². The summed E-state index contributed by atoms with van der Waals surface area (Å²) in [6.07, 6.45) is 0.926. The van der Waals surface area contributed by atoms with Gasteiger partial charge in [0.25, 0.3) is 11.8 Å². The molecule has 2 aromatic rings. The maximum atomic E-state index is 12.1. The van der Waals surface area contributed by atoms with Crippen LogP contribution in [0.2, 0.25) is 10.0 Å². The Hall–Kier alpha value is -2.35. The number of ether oxygens (including phenoxy) is 1. The molecule has 0 saturated carbocycles. The number of rotatable bonds is 5. The molecular formula is C18H17Cl2N3O3S. The summed E-state index contributed by atoms with van der Waals surface area (Å²) >= 11 is 16.7. The van der Waals surface area contributed by atoms with E-state index in [-0.39, 0.29) is 22.3 Å². The summed E-state index contributed by atoms with van der Waals surface area (Å²) < 4.78 is 5.36. The highest BCUT2D eigenvalue weighted by molar-refractivity contribution is 7.80. The van der Waals surface area contributed by atoms with Crippen molar-refractivity contribution in [2.24, 2.45) is 0 Å². The summed E-state index contributed by atoms with van der Waals surface area (Å²) in [6, 6.07) is 11.9. The highest BCUT2D eigenvalue weighted by Crippen LogP contribution is 2.20. The predicted molar refractivity (Wildman–Crippen MR) is 109 cm³/mol. The van der Waals surface area contributed by atoms with E-state index in [0.29, 0.717) is 10.8 Å². The monoisotopic (exact) mass is 425 g/mol. The van der Waals surface area contributed by atoms with E-state index in [0.717, 1.165) is 6.42 Å². The molecule has 0 aliphatic carbocycles. The smallest absolute Gasteiger partial charge is 0.276 e. The highest BCUT2D eigenvalue weighted by Gasteiger charge is 2.12. The first-order chi connectivity index (χ1) is 12.9. The molecule has 2 amide bonds. The van der Waals surface area contributed by atoms with Crippen LogP contribution in [0.4, 0.5) is 0 Å². The molecule has 2 rings (SSSR count). The summed E-state index contributed by atoms with van der Waals surface area (Å²) in [5, 5.41) is 2.91. The largest absolute Gasteiger partial charge is 0.484 e. The number of nitrogens with one attached hydrogen (secondary N) is 3. The van der Waals surface area contributed by atoms with Crippen molar-refractivity contribution in [2.45, 2.75) is 13.3 Å². The van der Waals surface area contributed by atoms with E-state index in [1.54, 1.807) is 12.1 Å². The third-order valence-corrected chi connectivity index (χ3v) is 4.17. The van der Waals surface area contributed by atoms with Gasteiger partial charge in [-0.15, -0.1) is 0 Å². The fourth-order valence-corrected chi connectivity index (χ4v) is 2.65. The zero-order chi connectivity index (χ0) is 19.8. The van der Waals surface area contributed by atoms with Crippen molar-refractivity contribution in [3.63, 3.8) is 0 Å². The molecule has 27 heavy (non-hydrogen) atoms. The Bertz CT molecular complexity index is 844. The van der Waals surface area contributed by atoms with Crippen molar-refractivity contribution in [3.8, 4) is 5.75 Å². The molecule has 9 heteroatoms. The van der Waals surface area contributed by atoms with Gasteiger partial charge >= 0.3 is 0 Å². The van der Waals surface area contributed by atoms with E-state index in [9.17, 15) is 9.59 Å². The predicted octanol–water partition coefficient (Wildman–Crippen LogP) is 3.27. The lowest BCUT2D eigenvalue weighted by molar-refractivity contribution is -0.123. The van der Waals surface area contributed by atoms with Gasteiger partial charge in [0.1, 0.15) is 5.75 Å². The van der Waals surface area contributed by atoms with Crippen molar-refractivity contribution in [2.75, 3.05) is 6.61 Å². The van der Waals surface area contributed by atoms with Crippen molar-refractivity contribution < 1.29 is 14.3 Å². The molecule has 0 bridgehead atoms. The lowest BCUT2D eigenvalue weighted by atomic mass is 10.2. The number of aryl methyl sites for hydroxylation is 1. The van der Waals surface area contributed by atoms with Crippen LogP contribution in [0.25, 0.3) is 0 Å². The number of hydrazine groups is 1. The fourth-order valence-electron chi connectivity index (χ4n) is 2.01. The lowest BCUT2D eigenvalue weighted by Gasteiger charge is -2.12. The van der Waals surface area contributed by atoms with Gasteiger partial charge < -0.3 is 4.74 Å². The minimum Gasteiger partial charge on any atom is -0.484 e. The minimum atomic E-state index is -0.532. The van der Waals surface area contributed by atoms with Crippen LogP contribution in [0.15, 0.2) is 42.5 Å². The maximum Gasteiger partial charge on any atom is 0.276 e. The first kappa shape index (κ1) is 21.0. The molecule has 2 aromatic carbocycles. The Labute approximate surface area is 172 Å². The molecule has 0 spiro atoms. The average Bonchev–Trinajstić information content (AvgIpc) is 2.65. The number of amides is 2. The third-order valence-electron chi connectivity index (χ3n) is 3.42. The van der Waals surface area contributed by atoms with E-state index in [4.69, 9.17) is 40.2 Å². The van der Waals surface area contributed by atoms with E-state index in [1.807, 2.05) is 12.1 Å². The molecule has 0 aromatic heterocycles. The van der Waals surface area contributed by atoms with Gasteiger partial charge in [-0.2, -0.15) is 0 Å². The number of carbonyl (C=O) groups is 2. The number of benzene rings is 2. The summed E-state index contributed by atoms with van der Waals surface area (Å²) in [4.78, 5) is 23.9. The summed E-state index contributed by atoms with van der Waals surface area (Å²) in [5.41, 5.74) is 6.13. The third kappa shape index (κ3) is 6.71. The van der Waals surface area contributed by atoms with Gasteiger partial charge in [-0.05, 0) is 54.5 Å². The molecule has 0 aliphatic rings. The van der Waals surface area contributed by atoms with Gasteiger partial charge in [0.15, 0.2) is 11.7 Å². The number of thiocarbonyl (C=S) groups is 1. The second-order valence-corrected chi connectivity index (χ2v) is 6.62. The van der Waals surface area contributed by atoms with Gasteiger partial charge in [-0.25, -0.2) is 0 Å². The van der Waals surface area contributed by atoms with Crippen molar-refractivity contribution in [3.05, 3.63) is 63.6 Å². The first-order valence-corrected chi connectivity index (χ1v) is 9.12. The fraction of sp³-hybridized carbons (Fsp3) is 0.167. The SMILES string of the molecule is CCc1ccc(OCC(=O)NNC(=S)NC(=O)c2ccc(Cl)cc2Cl)cc1. The minimum absolute atomic E-state index is 0.0911. The zero-order valence-electron chi connectivity index (χ0n) is 14.3. The Morgan fingerprint density at radius 3 is 2.41 bits per heavy atom. The summed E-state index contributed by atoms with van der Waals surface area (Å²) in [6.45, 7) is 1.84. The normalized spacial score (nSPS) is 10.0. The van der Waals surface area contributed by atoms with Crippen LogP contribution >= 0.6 is 35.4 Å². The van der Waals surface area contributed by atoms with E-state index < -0.39 is 11.8 Å². The summed E-state index contributed by atoms with van der Waals surface area (Å²) in [5.74, 6) is -0.415. The topological polar surface area (TPSA) is 79.5 Å². The Morgan fingerprint density at radius 2 is 1.78 bits per heavy atom. The lowest BCUT2D eigenvalue weighted by Crippen LogP contribution is -2.49. The second kappa shape index (κ2) is 10.1.